The third kappa shape index (κ3) is 3.03. The van der Waals surface area contributed by atoms with Gasteiger partial charge in [-0.2, -0.15) is 0 Å². The van der Waals surface area contributed by atoms with Crippen molar-refractivity contribution in [1.82, 2.24) is 14.1 Å². The van der Waals surface area contributed by atoms with E-state index in [2.05, 4.69) is 40.0 Å². The van der Waals surface area contributed by atoms with Gasteiger partial charge in [0.05, 0.1) is 5.69 Å². The fourth-order valence-corrected chi connectivity index (χ4v) is 5.17. The number of imidazole rings is 1. The van der Waals surface area contributed by atoms with Crippen molar-refractivity contribution in [2.45, 2.75) is 39.0 Å². The van der Waals surface area contributed by atoms with Crippen molar-refractivity contribution < 1.29 is 5.11 Å². The van der Waals surface area contributed by atoms with Gasteiger partial charge >= 0.3 is 0 Å². The average molecular weight is 433 g/mol. The predicted molar refractivity (Wildman–Crippen MR) is 126 cm³/mol. The van der Waals surface area contributed by atoms with Crippen LogP contribution in [0, 0.1) is 9.68 Å². The Kier molecular flexibility index (Phi) is 4.78. The number of H-pyrrole nitrogens is 1. The molecule has 31 heavy (non-hydrogen) atoms. The molecule has 5 rings (SSSR count). The van der Waals surface area contributed by atoms with Crippen LogP contribution in [0.4, 0.5) is 5.69 Å². The average Bonchev–Trinajstić information content (AvgIpc) is 3.31. The van der Waals surface area contributed by atoms with E-state index in [0.717, 1.165) is 29.8 Å². The number of aromatic nitrogens is 3. The van der Waals surface area contributed by atoms with Crippen molar-refractivity contribution in [2.75, 3.05) is 0 Å². The lowest BCUT2D eigenvalue weighted by molar-refractivity contribution is 0.477. The molecule has 0 atom stereocenters. The molecule has 0 saturated heterocycles. The Morgan fingerprint density at radius 2 is 2.00 bits per heavy atom. The minimum absolute atomic E-state index is 0.00715. The fourth-order valence-electron chi connectivity index (χ4n) is 4.91. The van der Waals surface area contributed by atoms with Crippen molar-refractivity contribution in [2.24, 2.45) is 12.2 Å². The number of aromatic hydroxyl groups is 1. The van der Waals surface area contributed by atoms with Crippen LogP contribution in [-0.2, 0) is 26.3 Å². The van der Waals surface area contributed by atoms with Crippen molar-refractivity contribution in [3.8, 4) is 22.7 Å². The van der Waals surface area contributed by atoms with Crippen LogP contribution in [0.25, 0.3) is 27.8 Å². The summed E-state index contributed by atoms with van der Waals surface area (Å²) in [5.41, 5.74) is 7.46. The van der Waals surface area contributed by atoms with Crippen molar-refractivity contribution in [3.63, 3.8) is 0 Å². The molecule has 0 radical (unpaired) electrons. The number of phenols is 1. The Morgan fingerprint density at radius 3 is 2.77 bits per heavy atom. The molecular formula is C24H24N4O2S. The van der Waals surface area contributed by atoms with Gasteiger partial charge in [0.15, 0.2) is 4.77 Å². The highest BCUT2D eigenvalue weighted by Crippen LogP contribution is 2.38. The molecule has 0 fully saturated rings. The molecule has 1 aliphatic carbocycles. The number of fused-ring (bicyclic) bond motifs is 3. The van der Waals surface area contributed by atoms with Gasteiger partial charge in [0, 0.05) is 47.2 Å². The largest absolute Gasteiger partial charge is 0.507 e. The summed E-state index contributed by atoms with van der Waals surface area (Å²) in [4.78, 5) is 14.3. The Bertz CT molecular complexity index is 1390. The standard InChI is InChI=1S/C24H24N4O2S/c1-3-14-10-18(23(29)12-19(14)26-30)22-13-25-24(31)28(22)15-8-9-21-17(11-15)16-6-4-5-7-20(16)27(21)2/h8-13,29H,3-7H2,1-2H3,(H,25,31). The van der Waals surface area contributed by atoms with Crippen LogP contribution >= 0.6 is 12.2 Å². The molecule has 2 heterocycles. The summed E-state index contributed by atoms with van der Waals surface area (Å²) in [6, 6.07) is 9.67. The molecule has 2 N–H and O–H groups in total. The van der Waals surface area contributed by atoms with Crippen LogP contribution in [0.1, 0.15) is 36.6 Å². The minimum atomic E-state index is 0.00715. The highest BCUT2D eigenvalue weighted by molar-refractivity contribution is 7.71. The number of rotatable bonds is 4. The van der Waals surface area contributed by atoms with Crippen LogP contribution in [0.5, 0.6) is 5.75 Å². The van der Waals surface area contributed by atoms with Crippen LogP contribution in [0.3, 0.4) is 0 Å². The number of nitroso groups, excluding NO2 is 1. The molecular weight excluding hydrogens is 408 g/mol. The molecule has 0 aliphatic heterocycles. The molecule has 0 bridgehead atoms. The monoisotopic (exact) mass is 432 g/mol. The first-order valence-electron chi connectivity index (χ1n) is 10.6. The van der Waals surface area contributed by atoms with Crippen LogP contribution in [-0.4, -0.2) is 19.2 Å². The van der Waals surface area contributed by atoms with Gasteiger partial charge in [-0.1, -0.05) is 6.92 Å². The van der Waals surface area contributed by atoms with Crippen LogP contribution in [0.15, 0.2) is 41.7 Å². The molecule has 2 aromatic carbocycles. The van der Waals surface area contributed by atoms with E-state index in [1.54, 1.807) is 6.20 Å². The van der Waals surface area contributed by atoms with Gasteiger partial charge in [0.25, 0.3) is 0 Å². The Labute approximate surface area is 185 Å². The summed E-state index contributed by atoms with van der Waals surface area (Å²) >= 11 is 5.61. The molecule has 158 valence electrons. The quantitative estimate of drug-likeness (QED) is 0.296. The smallest absolute Gasteiger partial charge is 0.182 e. The summed E-state index contributed by atoms with van der Waals surface area (Å²) in [6.45, 7) is 1.96. The van der Waals surface area contributed by atoms with E-state index in [9.17, 15) is 10.0 Å². The van der Waals surface area contributed by atoms with Gasteiger partial charge in [-0.3, -0.25) is 4.57 Å². The maximum Gasteiger partial charge on any atom is 0.182 e. The molecule has 2 aromatic heterocycles. The molecule has 6 nitrogen and oxygen atoms in total. The molecule has 0 amide bonds. The second kappa shape index (κ2) is 7.50. The lowest BCUT2D eigenvalue weighted by Crippen LogP contribution is -2.04. The first kappa shape index (κ1) is 19.8. The number of hydrogen-bond donors (Lipinski definition) is 2. The van der Waals surface area contributed by atoms with E-state index < -0.39 is 0 Å². The first-order valence-corrected chi connectivity index (χ1v) is 11.0. The summed E-state index contributed by atoms with van der Waals surface area (Å²) < 4.78 is 4.81. The number of phenolic OH excluding ortho intramolecular Hbond substituents is 1. The zero-order valence-electron chi connectivity index (χ0n) is 17.6. The summed E-state index contributed by atoms with van der Waals surface area (Å²) in [7, 11) is 2.15. The lowest BCUT2D eigenvalue weighted by atomic mass is 9.95. The normalized spacial score (nSPS) is 13.5. The minimum Gasteiger partial charge on any atom is -0.507 e. The van der Waals surface area contributed by atoms with Gasteiger partial charge in [-0.05, 0) is 84.9 Å². The molecule has 0 unspecified atom stereocenters. The van der Waals surface area contributed by atoms with Crippen LogP contribution in [0.2, 0.25) is 0 Å². The van der Waals surface area contributed by atoms with Crippen molar-refractivity contribution in [1.29, 1.82) is 0 Å². The Morgan fingerprint density at radius 1 is 1.19 bits per heavy atom. The van der Waals surface area contributed by atoms with Gasteiger partial charge in [0.1, 0.15) is 11.4 Å². The van der Waals surface area contributed by atoms with E-state index in [4.69, 9.17) is 12.2 Å². The molecule has 0 spiro atoms. The number of aryl methyl sites for hydroxylation is 3. The summed E-state index contributed by atoms with van der Waals surface area (Å²) in [5, 5.41) is 15.0. The summed E-state index contributed by atoms with van der Waals surface area (Å²) in [6.07, 6.45) is 7.12. The third-order valence-electron chi connectivity index (χ3n) is 6.50. The Balaban J connectivity index is 1.72. The first-order chi connectivity index (χ1) is 15.0. The van der Waals surface area contributed by atoms with E-state index in [1.165, 1.54) is 41.1 Å². The number of benzene rings is 2. The fraction of sp³-hybridized carbons (Fsp3) is 0.292. The number of nitrogens with zero attached hydrogens (tertiary/aromatic N) is 3. The third-order valence-corrected chi connectivity index (χ3v) is 6.80. The van der Waals surface area contributed by atoms with Crippen molar-refractivity contribution in [3.05, 3.63) is 63.0 Å². The SMILES string of the molecule is CCc1cc(-c2c[nH]c(=S)n2-c2ccc3c(c2)c2c(n3C)CCCC2)c(O)cc1N=O. The zero-order chi connectivity index (χ0) is 21.7. The molecule has 7 heteroatoms. The lowest BCUT2D eigenvalue weighted by Gasteiger charge is -2.13. The number of nitrogens with one attached hydrogen (secondary N) is 1. The molecule has 0 saturated carbocycles. The van der Waals surface area contributed by atoms with Crippen molar-refractivity contribution >= 4 is 28.8 Å². The van der Waals surface area contributed by atoms with Crippen LogP contribution < -0.4 is 0 Å². The predicted octanol–water partition coefficient (Wildman–Crippen LogP) is 6.24. The number of aromatic amines is 1. The van der Waals surface area contributed by atoms with Gasteiger partial charge < -0.3 is 14.7 Å². The number of hydrogen-bond acceptors (Lipinski definition) is 4. The van der Waals surface area contributed by atoms with E-state index in [-0.39, 0.29) is 11.4 Å². The Hall–Kier alpha value is -3.19. The van der Waals surface area contributed by atoms with E-state index in [1.807, 2.05) is 17.6 Å². The van der Waals surface area contributed by atoms with E-state index >= 15 is 0 Å². The maximum absolute atomic E-state index is 11.1. The molecule has 4 aromatic rings. The highest BCUT2D eigenvalue weighted by atomic mass is 32.1. The second-order valence-corrected chi connectivity index (χ2v) is 8.54. The van der Waals surface area contributed by atoms with E-state index in [0.29, 0.717) is 16.8 Å². The van der Waals surface area contributed by atoms with Gasteiger partial charge in [-0.15, -0.1) is 4.91 Å². The topological polar surface area (TPSA) is 75.3 Å². The zero-order valence-corrected chi connectivity index (χ0v) is 18.4. The second-order valence-electron chi connectivity index (χ2n) is 8.15. The van der Waals surface area contributed by atoms with Gasteiger partial charge in [-0.25, -0.2) is 0 Å². The summed E-state index contributed by atoms with van der Waals surface area (Å²) in [5.74, 6) is 0.00715. The molecule has 1 aliphatic rings. The highest BCUT2D eigenvalue weighted by Gasteiger charge is 2.20. The maximum atomic E-state index is 11.1. The van der Waals surface area contributed by atoms with Gasteiger partial charge in [0.2, 0.25) is 0 Å².